The van der Waals surface area contributed by atoms with E-state index in [1.807, 2.05) is 0 Å². The minimum Gasteiger partial charge on any atom is -0.264 e. The van der Waals surface area contributed by atoms with Crippen molar-refractivity contribution in [3.05, 3.63) is 10.1 Å². The van der Waals surface area contributed by atoms with Crippen molar-refractivity contribution in [3.8, 4) is 0 Å². The van der Waals surface area contributed by atoms with Crippen molar-refractivity contribution in [2.45, 2.75) is 19.4 Å². The van der Waals surface area contributed by atoms with Crippen LogP contribution in [0.3, 0.4) is 0 Å². The number of hydrogen-bond donors (Lipinski definition) is 0. The van der Waals surface area contributed by atoms with Gasteiger partial charge in [0.25, 0.3) is 0 Å². The molecule has 0 spiro atoms. The lowest BCUT2D eigenvalue weighted by molar-refractivity contribution is -0.518. The fourth-order valence-electron chi connectivity index (χ4n) is 0.263. The van der Waals surface area contributed by atoms with Gasteiger partial charge in [0, 0.05) is 24.1 Å². The maximum atomic E-state index is 9.84. The Bertz CT molecular complexity index is 86.1. The highest BCUT2D eigenvalue weighted by Crippen LogP contribution is 1.95. The third-order valence-electron chi connectivity index (χ3n) is 0.887. The third kappa shape index (κ3) is 2.80. The Kier molecular flexibility index (Phi) is 3.52. The molecule has 4 heteroatoms. The first-order valence-corrected chi connectivity index (χ1v) is 2.91. The van der Waals surface area contributed by atoms with Crippen LogP contribution in [-0.2, 0) is 0 Å². The van der Waals surface area contributed by atoms with E-state index < -0.39 is 6.04 Å². The predicted octanol–water partition coefficient (Wildman–Crippen LogP) is 1.28. The molecule has 0 N–H and O–H groups in total. The monoisotopic (exact) mass is 137 g/mol. The number of nitrogens with zero attached hydrogens (tertiary/aromatic N) is 1. The minimum absolute atomic E-state index is 0.331. The molecule has 0 heterocycles. The second-order valence-corrected chi connectivity index (χ2v) is 1.99. The summed E-state index contributed by atoms with van der Waals surface area (Å²) in [6, 6.07) is -0.493. The van der Waals surface area contributed by atoms with Crippen LogP contribution in [0.2, 0.25) is 0 Å². The van der Waals surface area contributed by atoms with Gasteiger partial charge in [-0.3, -0.25) is 10.1 Å². The van der Waals surface area contributed by atoms with E-state index in [-0.39, 0.29) is 4.92 Å². The molecular weight excluding hydrogens is 130 g/mol. The largest absolute Gasteiger partial charge is 0.264 e. The van der Waals surface area contributed by atoms with Gasteiger partial charge in [0.05, 0.1) is 0 Å². The lowest BCUT2D eigenvalue weighted by Crippen LogP contribution is -2.14. The normalized spacial score (nSPS) is 13.2. The van der Waals surface area contributed by atoms with E-state index in [0.29, 0.717) is 12.3 Å². The maximum absolute atomic E-state index is 9.84. The summed E-state index contributed by atoms with van der Waals surface area (Å²) in [5.41, 5.74) is 0. The van der Waals surface area contributed by atoms with Crippen molar-refractivity contribution in [2.75, 3.05) is 5.88 Å². The van der Waals surface area contributed by atoms with Crippen LogP contribution >= 0.6 is 11.6 Å². The molecule has 0 saturated carbocycles. The van der Waals surface area contributed by atoms with Crippen molar-refractivity contribution < 1.29 is 4.92 Å². The van der Waals surface area contributed by atoms with E-state index in [1.165, 1.54) is 0 Å². The lowest BCUT2D eigenvalue weighted by atomic mass is 10.3. The summed E-state index contributed by atoms with van der Waals surface area (Å²) in [5, 5.41) is 9.84. The zero-order valence-corrected chi connectivity index (χ0v) is 5.39. The molecule has 0 aliphatic heterocycles. The van der Waals surface area contributed by atoms with Crippen LogP contribution in [0.1, 0.15) is 13.3 Å². The van der Waals surface area contributed by atoms with Crippen molar-refractivity contribution in [1.82, 2.24) is 0 Å². The summed E-state index contributed by atoms with van der Waals surface area (Å²) in [7, 11) is 0. The Hall–Kier alpha value is -0.310. The number of rotatable bonds is 3. The van der Waals surface area contributed by atoms with Crippen LogP contribution in [0.5, 0.6) is 0 Å². The second kappa shape index (κ2) is 3.66. The second-order valence-electron chi connectivity index (χ2n) is 1.61. The van der Waals surface area contributed by atoms with Gasteiger partial charge in [0.15, 0.2) is 0 Å². The number of halogens is 1. The molecule has 48 valence electrons. The van der Waals surface area contributed by atoms with Crippen LogP contribution in [0.25, 0.3) is 0 Å². The molecule has 0 rings (SSSR count). The van der Waals surface area contributed by atoms with E-state index in [9.17, 15) is 10.1 Å². The zero-order valence-electron chi connectivity index (χ0n) is 4.63. The van der Waals surface area contributed by atoms with Gasteiger partial charge in [-0.15, -0.1) is 11.6 Å². The fraction of sp³-hybridized carbons (Fsp3) is 1.00. The smallest absolute Gasteiger partial charge is 0.211 e. The van der Waals surface area contributed by atoms with Crippen LogP contribution in [-0.4, -0.2) is 16.8 Å². The Balaban J connectivity index is 3.32. The molecule has 0 radical (unpaired) electrons. The summed E-state index contributed by atoms with van der Waals surface area (Å²) < 4.78 is 0. The Morgan fingerprint density at radius 2 is 2.38 bits per heavy atom. The van der Waals surface area contributed by atoms with Gasteiger partial charge in [-0.1, -0.05) is 0 Å². The van der Waals surface area contributed by atoms with E-state index in [1.54, 1.807) is 6.92 Å². The van der Waals surface area contributed by atoms with Crippen molar-refractivity contribution >= 4 is 11.6 Å². The number of nitro groups is 1. The molecule has 0 bridgehead atoms. The third-order valence-corrected chi connectivity index (χ3v) is 1.10. The summed E-state index contributed by atoms with van der Waals surface area (Å²) in [6.07, 6.45) is 0.453. The summed E-state index contributed by atoms with van der Waals surface area (Å²) in [4.78, 5) is 9.51. The van der Waals surface area contributed by atoms with Gasteiger partial charge >= 0.3 is 0 Å². The standard InChI is InChI=1S/C4H8ClNO2/c1-4(2-3-5)6(7)8/h4H,2-3H2,1H3. The number of hydrogen-bond acceptors (Lipinski definition) is 2. The van der Waals surface area contributed by atoms with Crippen molar-refractivity contribution in [2.24, 2.45) is 0 Å². The molecule has 0 amide bonds. The van der Waals surface area contributed by atoms with Gasteiger partial charge in [0.2, 0.25) is 6.04 Å². The molecule has 8 heavy (non-hydrogen) atoms. The average Bonchev–Trinajstić information content (AvgIpc) is 1.67. The first kappa shape index (κ1) is 7.69. The highest BCUT2D eigenvalue weighted by atomic mass is 35.5. The van der Waals surface area contributed by atoms with E-state index >= 15 is 0 Å². The van der Waals surface area contributed by atoms with Crippen LogP contribution in [0, 0.1) is 10.1 Å². The van der Waals surface area contributed by atoms with Gasteiger partial charge in [0.1, 0.15) is 0 Å². The highest BCUT2D eigenvalue weighted by molar-refractivity contribution is 6.17. The fourth-order valence-corrected chi connectivity index (χ4v) is 0.579. The number of alkyl halides is 1. The van der Waals surface area contributed by atoms with Gasteiger partial charge < -0.3 is 0 Å². The van der Waals surface area contributed by atoms with Crippen LogP contribution < -0.4 is 0 Å². The molecule has 1 atom stereocenters. The minimum atomic E-state index is -0.493. The van der Waals surface area contributed by atoms with E-state index in [2.05, 4.69) is 0 Å². The molecule has 0 aromatic heterocycles. The molecule has 0 saturated heterocycles. The first-order chi connectivity index (χ1) is 3.68. The molecule has 0 fully saturated rings. The maximum Gasteiger partial charge on any atom is 0.211 e. The molecule has 0 aliphatic rings. The molecule has 0 aromatic carbocycles. The summed E-state index contributed by atoms with van der Waals surface area (Å²) in [6.45, 7) is 1.54. The molecule has 0 aromatic rings. The Morgan fingerprint density at radius 1 is 1.88 bits per heavy atom. The van der Waals surface area contributed by atoms with E-state index in [0.717, 1.165) is 0 Å². The van der Waals surface area contributed by atoms with Gasteiger partial charge in [-0.2, -0.15) is 0 Å². The average molecular weight is 138 g/mol. The lowest BCUT2D eigenvalue weighted by Gasteiger charge is -1.97. The molecule has 3 nitrogen and oxygen atoms in total. The van der Waals surface area contributed by atoms with Gasteiger partial charge in [-0.25, -0.2) is 0 Å². The highest BCUT2D eigenvalue weighted by Gasteiger charge is 2.09. The predicted molar refractivity (Wildman–Crippen MR) is 31.8 cm³/mol. The molecule has 1 unspecified atom stereocenters. The first-order valence-electron chi connectivity index (χ1n) is 2.38. The molecular formula is C4H8ClNO2. The summed E-state index contributed by atoms with van der Waals surface area (Å²) in [5.74, 6) is 0.363. The van der Waals surface area contributed by atoms with Crippen molar-refractivity contribution in [3.63, 3.8) is 0 Å². The Labute approximate surface area is 52.8 Å². The Morgan fingerprint density at radius 3 is 2.50 bits per heavy atom. The van der Waals surface area contributed by atoms with Crippen molar-refractivity contribution in [1.29, 1.82) is 0 Å². The quantitative estimate of drug-likeness (QED) is 0.334. The van der Waals surface area contributed by atoms with Gasteiger partial charge in [-0.05, 0) is 0 Å². The molecule has 0 aliphatic carbocycles. The topological polar surface area (TPSA) is 43.1 Å². The zero-order chi connectivity index (χ0) is 6.57. The van der Waals surface area contributed by atoms with Crippen LogP contribution in [0.4, 0.5) is 0 Å². The van der Waals surface area contributed by atoms with Crippen LogP contribution in [0.15, 0.2) is 0 Å². The SMILES string of the molecule is CC(CCCl)[N+](=O)[O-]. The summed E-state index contributed by atoms with van der Waals surface area (Å²) >= 11 is 5.24. The van der Waals surface area contributed by atoms with E-state index in [4.69, 9.17) is 11.6 Å².